The van der Waals surface area contributed by atoms with E-state index in [0.717, 1.165) is 10.5 Å². The van der Waals surface area contributed by atoms with Crippen LogP contribution in [0.5, 0.6) is 0 Å². The van der Waals surface area contributed by atoms with Gasteiger partial charge >= 0.3 is 55.7 Å². The molecule has 0 spiro atoms. The van der Waals surface area contributed by atoms with Gasteiger partial charge in [-0.3, -0.25) is 0 Å². The second-order valence-corrected chi connectivity index (χ2v) is 9.69. The summed E-state index contributed by atoms with van der Waals surface area (Å²) in [6.07, 6.45) is 3.02. The second kappa shape index (κ2) is 2.59. The predicted molar refractivity (Wildman–Crippen MR) is 32.3 cm³/mol. The van der Waals surface area contributed by atoms with Gasteiger partial charge in [-0.05, 0) is 0 Å². The summed E-state index contributed by atoms with van der Waals surface area (Å²) in [4.78, 5) is 10.2. The number of allylic oxidation sites excluding steroid dienone is 1. The van der Waals surface area contributed by atoms with Gasteiger partial charge in [0.1, 0.15) is 0 Å². The Bertz CT molecular complexity index is 130. The third-order valence-corrected chi connectivity index (χ3v) is 8.07. The Morgan fingerprint density at radius 2 is 2.50 bits per heavy atom. The Labute approximate surface area is 55.9 Å². The first kappa shape index (κ1) is 6.22. The van der Waals surface area contributed by atoms with E-state index in [4.69, 9.17) is 5.11 Å². The van der Waals surface area contributed by atoms with Gasteiger partial charge in [0.15, 0.2) is 0 Å². The molecule has 0 bridgehead atoms. The Hall–Kier alpha value is 0.0931. The summed E-state index contributed by atoms with van der Waals surface area (Å²) in [6.45, 7) is 0. The summed E-state index contributed by atoms with van der Waals surface area (Å²) >= 11 is -1.99. The molecule has 3 heteroatoms. The molecule has 0 unspecified atom stereocenters. The normalized spacial score (nSPS) is 19.5. The van der Waals surface area contributed by atoms with Gasteiger partial charge in [-0.2, -0.15) is 0 Å². The van der Waals surface area contributed by atoms with E-state index in [-0.39, 0.29) is 0 Å². The van der Waals surface area contributed by atoms with Crippen molar-refractivity contribution in [1.29, 1.82) is 0 Å². The molecule has 0 amide bonds. The van der Waals surface area contributed by atoms with Gasteiger partial charge in [-0.25, -0.2) is 0 Å². The number of carbonyl (C=O) groups is 1. The van der Waals surface area contributed by atoms with E-state index in [1.54, 1.807) is 0 Å². The minimum atomic E-state index is -1.99. The first-order valence-electron chi connectivity index (χ1n) is 2.47. The maximum atomic E-state index is 10.2. The van der Waals surface area contributed by atoms with Gasteiger partial charge < -0.3 is 0 Å². The summed E-state index contributed by atoms with van der Waals surface area (Å²) in [7, 11) is 0. The van der Waals surface area contributed by atoms with Crippen LogP contribution in [0.2, 0.25) is 4.13 Å². The van der Waals surface area contributed by atoms with Crippen LogP contribution in [-0.2, 0) is 0 Å². The van der Waals surface area contributed by atoms with Crippen LogP contribution in [-0.4, -0.2) is 30.5 Å². The molecule has 8 heavy (non-hydrogen) atoms. The van der Waals surface area contributed by atoms with Crippen molar-refractivity contribution < 1.29 is 9.90 Å². The molecule has 0 atom stereocenters. The molecule has 0 aromatic rings. The molecule has 0 aromatic carbocycles. The number of hydrogen-bond acceptors (Lipinski definition) is 1. The molecule has 1 N–H and O–H groups in total. The topological polar surface area (TPSA) is 37.3 Å². The van der Waals surface area contributed by atoms with Gasteiger partial charge in [-0.15, -0.1) is 0 Å². The number of hydrogen-bond donors (Lipinski definition) is 1. The third kappa shape index (κ3) is 1.28. The van der Waals surface area contributed by atoms with Crippen LogP contribution >= 0.6 is 0 Å². The summed E-state index contributed by atoms with van der Waals surface area (Å²) < 4.78 is 2.45. The summed E-state index contributed by atoms with van der Waals surface area (Å²) in [5.74, 6) is 0. The van der Waals surface area contributed by atoms with Crippen LogP contribution < -0.4 is 0 Å². The zero-order valence-corrected chi connectivity index (χ0v) is 7.85. The SMILES string of the molecule is O=[C](O)[Bi]1[CH]=CC[CH2]1. The number of rotatable bonds is 1. The first-order chi connectivity index (χ1) is 3.80. The summed E-state index contributed by atoms with van der Waals surface area (Å²) in [5, 5.41) is 8.45. The van der Waals surface area contributed by atoms with E-state index >= 15 is 0 Å². The van der Waals surface area contributed by atoms with Gasteiger partial charge in [-0.1, -0.05) is 0 Å². The van der Waals surface area contributed by atoms with Crippen molar-refractivity contribution >= 4 is 25.4 Å². The van der Waals surface area contributed by atoms with Crippen LogP contribution in [0.1, 0.15) is 6.42 Å². The fourth-order valence-corrected chi connectivity index (χ4v) is 5.70. The fourth-order valence-electron chi connectivity index (χ4n) is 0.649. The van der Waals surface area contributed by atoms with Crippen LogP contribution in [0.15, 0.2) is 9.86 Å². The molecule has 2 nitrogen and oxygen atoms in total. The first-order valence-corrected chi connectivity index (χ1v) is 8.67. The van der Waals surface area contributed by atoms with E-state index in [9.17, 15) is 4.79 Å². The van der Waals surface area contributed by atoms with Crippen molar-refractivity contribution in [2.75, 3.05) is 0 Å². The minimum absolute atomic E-state index is 0.492. The molecular weight excluding hydrogens is 301 g/mol. The van der Waals surface area contributed by atoms with Crippen LogP contribution in [0.4, 0.5) is 4.79 Å². The van der Waals surface area contributed by atoms with Crippen molar-refractivity contribution in [2.24, 2.45) is 0 Å². The fraction of sp³-hybridized carbons (Fsp3) is 0.400. The van der Waals surface area contributed by atoms with Gasteiger partial charge in [0.2, 0.25) is 0 Å². The Morgan fingerprint density at radius 1 is 1.75 bits per heavy atom. The Kier molecular flexibility index (Phi) is 2.01. The molecule has 0 saturated carbocycles. The molecule has 1 aliphatic heterocycles. The molecule has 0 saturated heterocycles. The Morgan fingerprint density at radius 3 is 2.75 bits per heavy atom. The van der Waals surface area contributed by atoms with Crippen LogP contribution in [0, 0.1) is 0 Å². The summed E-state index contributed by atoms with van der Waals surface area (Å²) in [6, 6.07) is 0. The molecule has 0 radical (unpaired) electrons. The quantitative estimate of drug-likeness (QED) is 0.740. The molecule has 0 fully saturated rings. The van der Waals surface area contributed by atoms with Crippen molar-refractivity contribution in [3.8, 4) is 0 Å². The second-order valence-electron chi connectivity index (χ2n) is 1.65. The summed E-state index contributed by atoms with van der Waals surface area (Å²) in [5.41, 5.74) is 0. The van der Waals surface area contributed by atoms with Crippen molar-refractivity contribution in [1.82, 2.24) is 0 Å². The van der Waals surface area contributed by atoms with Crippen LogP contribution in [0.25, 0.3) is 0 Å². The van der Waals surface area contributed by atoms with E-state index in [0.29, 0.717) is 0 Å². The van der Waals surface area contributed by atoms with Gasteiger partial charge in [0, 0.05) is 0 Å². The van der Waals surface area contributed by atoms with Gasteiger partial charge in [0.05, 0.1) is 0 Å². The maximum absolute atomic E-state index is 10.2. The van der Waals surface area contributed by atoms with E-state index in [2.05, 4.69) is 0 Å². The molecule has 0 aromatic heterocycles. The van der Waals surface area contributed by atoms with E-state index < -0.39 is 25.4 Å². The molecular formula is C5H7BiO2. The molecule has 44 valence electrons. The molecule has 0 aliphatic carbocycles. The predicted octanol–water partition coefficient (Wildman–Crippen LogP) is 1.24. The van der Waals surface area contributed by atoms with Crippen molar-refractivity contribution in [3.63, 3.8) is 0 Å². The van der Waals surface area contributed by atoms with Crippen molar-refractivity contribution in [3.05, 3.63) is 9.86 Å². The average Bonchev–Trinajstić information content (AvgIpc) is 2.12. The molecule has 1 heterocycles. The zero-order chi connectivity index (χ0) is 5.98. The van der Waals surface area contributed by atoms with E-state index in [1.807, 2.05) is 9.86 Å². The molecule has 1 aliphatic rings. The third-order valence-electron chi connectivity index (χ3n) is 1.07. The Balaban J connectivity index is 2.48. The van der Waals surface area contributed by atoms with Gasteiger partial charge in [0.25, 0.3) is 0 Å². The number of carboxylic acid groups (broad SMARTS) is 1. The van der Waals surface area contributed by atoms with E-state index in [1.165, 1.54) is 0 Å². The monoisotopic (exact) mass is 308 g/mol. The standard InChI is InChI=1S/C4H6.CHO2.Bi/c1-3-4-2;2-1-3;/h1,3H,2,4H2;(H,2,3);. The molecule has 1 rings (SSSR count). The average molecular weight is 308 g/mol. The van der Waals surface area contributed by atoms with Crippen molar-refractivity contribution in [2.45, 2.75) is 10.5 Å². The van der Waals surface area contributed by atoms with Crippen LogP contribution in [0.3, 0.4) is 0 Å². The zero-order valence-electron chi connectivity index (χ0n) is 4.37.